The lowest BCUT2D eigenvalue weighted by atomic mass is 9.96. The number of nitrogens with one attached hydrogen (secondary N) is 8. The Balaban J connectivity index is 1.68. The van der Waals surface area contributed by atoms with Gasteiger partial charge in [0.15, 0.2) is 0 Å². The van der Waals surface area contributed by atoms with E-state index in [2.05, 4.69) is 54.8 Å². The zero-order chi connectivity index (χ0) is 59.1. The molecule has 0 spiro atoms. The van der Waals surface area contributed by atoms with E-state index in [1.807, 2.05) is 0 Å². The molecule has 0 aliphatic rings. The van der Waals surface area contributed by atoms with Gasteiger partial charge in [-0.1, -0.05) is 62.7 Å². The van der Waals surface area contributed by atoms with Crippen molar-refractivity contribution < 1.29 is 73.5 Å². The molecule has 0 saturated heterocycles. The van der Waals surface area contributed by atoms with Crippen molar-refractivity contribution in [3.05, 3.63) is 95.7 Å². The number of H-pyrrole nitrogens is 1. The highest BCUT2D eigenvalue weighted by molar-refractivity contribution is 7.80. The fraction of sp³-hybridized carbons (Fsp3) is 0.444. The van der Waals surface area contributed by atoms with Gasteiger partial charge in [0, 0.05) is 55.0 Å². The summed E-state index contributed by atoms with van der Waals surface area (Å²) >= 11 is 4.00. The molecule has 3 aromatic carbocycles. The number of rotatable bonds is 34. The topological polar surface area (TPSA) is 424 Å². The van der Waals surface area contributed by atoms with Gasteiger partial charge in [0.2, 0.25) is 41.4 Å². The van der Waals surface area contributed by atoms with E-state index in [9.17, 15) is 68.4 Å². The predicted octanol–water partition coefficient (Wildman–Crippen LogP) is 0.247. The Bertz CT molecular complexity index is 2780. The second-order valence-electron chi connectivity index (χ2n) is 19.3. The molecule has 17 N–H and O–H groups in total. The number of hydrogen-bond donors (Lipinski definition) is 16. The Morgan fingerprint density at radius 2 is 1.00 bits per heavy atom. The van der Waals surface area contributed by atoms with Crippen molar-refractivity contribution in [2.24, 2.45) is 17.4 Å². The summed E-state index contributed by atoms with van der Waals surface area (Å²) in [7, 11) is 0. The van der Waals surface area contributed by atoms with Crippen molar-refractivity contribution in [3.8, 4) is 11.5 Å². The number of aromatic hydroxyl groups is 2. The lowest BCUT2D eigenvalue weighted by Crippen LogP contribution is -2.61. The van der Waals surface area contributed by atoms with Gasteiger partial charge in [-0.2, -0.15) is 12.6 Å². The van der Waals surface area contributed by atoms with Gasteiger partial charge in [-0.15, -0.1) is 0 Å². The normalized spacial score (nSPS) is 14.5. The molecule has 4 rings (SSSR count). The molecule has 434 valence electrons. The second-order valence-corrected chi connectivity index (χ2v) is 19.7. The summed E-state index contributed by atoms with van der Waals surface area (Å²) in [6, 6.07) is 6.70. The first-order chi connectivity index (χ1) is 38.0. The highest BCUT2D eigenvalue weighted by atomic mass is 32.1. The van der Waals surface area contributed by atoms with Crippen molar-refractivity contribution in [3.63, 3.8) is 0 Å². The highest BCUT2D eigenvalue weighted by Crippen LogP contribution is 2.21. The van der Waals surface area contributed by atoms with Gasteiger partial charge < -0.3 is 79.2 Å². The number of para-hydroxylation sites is 1. The van der Waals surface area contributed by atoms with E-state index < -0.39 is 133 Å². The molecule has 80 heavy (non-hydrogen) atoms. The van der Waals surface area contributed by atoms with E-state index in [4.69, 9.17) is 16.6 Å². The van der Waals surface area contributed by atoms with E-state index in [1.54, 1.807) is 44.3 Å². The standard InChI is InChI=1S/C54H72N10O15S/c1-3-29(2)46(64-52(76)41(25-31-13-17-34(66)18-14-31)60-47(71)36(56)19-21-44(67)68)53(77)59-38(10-6-7-23-55)48(72)62-42(26-32-27-57-37-9-5-4-8-35(32)37)51(75)58-39(20-22-45(69)70)49(73)61-40(24-30-11-15-33(65)16-12-30)50(74)63-43(28-80)54(78)79/h4-5,8-9,11-18,27,29,36,38-43,46,57,65-66,80H,3,6-7,10,19-26,28,55-56H2,1-2H3,(H,58,75)(H,59,77)(H,60,71)(H,61,73)(H,62,72)(H,63,74)(H,64,76)(H,67,68)(H,69,70)(H,78,79)/t29-,36-,38-,39-,40-,41-,42-,43-,46-/m0/s1. The summed E-state index contributed by atoms with van der Waals surface area (Å²) in [5.41, 5.74) is 13.9. The van der Waals surface area contributed by atoms with E-state index in [0.717, 1.165) is 0 Å². The summed E-state index contributed by atoms with van der Waals surface area (Å²) in [4.78, 5) is 137. The number of phenols is 2. The molecule has 1 heterocycles. The molecule has 1 aromatic heterocycles. The number of phenolic OH excluding ortho intramolecular Hbond substituents is 2. The van der Waals surface area contributed by atoms with Crippen molar-refractivity contribution in [2.45, 2.75) is 133 Å². The van der Waals surface area contributed by atoms with E-state index in [0.29, 0.717) is 40.4 Å². The van der Waals surface area contributed by atoms with Crippen molar-refractivity contribution in [1.29, 1.82) is 0 Å². The molecule has 0 radical (unpaired) electrons. The van der Waals surface area contributed by atoms with E-state index in [1.165, 1.54) is 48.5 Å². The Kier molecular flexibility index (Phi) is 25.7. The van der Waals surface area contributed by atoms with Crippen LogP contribution in [0.1, 0.15) is 81.9 Å². The molecule has 0 bridgehead atoms. The third-order valence-corrected chi connectivity index (χ3v) is 13.6. The summed E-state index contributed by atoms with van der Waals surface area (Å²) in [6.07, 6.45) is 0.0715. The van der Waals surface area contributed by atoms with Gasteiger partial charge >= 0.3 is 17.9 Å². The average Bonchev–Trinajstić information content (AvgIpc) is 3.88. The molecule has 9 atom stereocenters. The first-order valence-corrected chi connectivity index (χ1v) is 26.6. The second kappa shape index (κ2) is 32.0. The largest absolute Gasteiger partial charge is 0.508 e. The smallest absolute Gasteiger partial charge is 0.327 e. The first-order valence-electron chi connectivity index (χ1n) is 26.0. The summed E-state index contributed by atoms with van der Waals surface area (Å²) in [6.45, 7) is 3.62. The number of carboxylic acids is 3. The predicted molar refractivity (Wildman–Crippen MR) is 295 cm³/mol. The summed E-state index contributed by atoms with van der Waals surface area (Å²) in [5.74, 6) is -11.5. The quantitative estimate of drug-likeness (QED) is 0.0220. The zero-order valence-corrected chi connectivity index (χ0v) is 45.2. The van der Waals surface area contributed by atoms with E-state index >= 15 is 0 Å². The number of hydrogen-bond acceptors (Lipinski definition) is 15. The molecule has 7 amide bonds. The van der Waals surface area contributed by atoms with Gasteiger partial charge in [0.05, 0.1) is 6.04 Å². The van der Waals surface area contributed by atoms with Crippen molar-refractivity contribution in [2.75, 3.05) is 12.3 Å². The third-order valence-electron chi connectivity index (χ3n) is 13.2. The van der Waals surface area contributed by atoms with Gasteiger partial charge in [0.1, 0.15) is 53.8 Å². The number of aliphatic carboxylic acids is 3. The van der Waals surface area contributed by atoms with Crippen LogP contribution >= 0.6 is 12.6 Å². The molecule has 26 heteroatoms. The molecule has 0 saturated carbocycles. The van der Waals surface area contributed by atoms with Gasteiger partial charge in [-0.05, 0) is 91.6 Å². The van der Waals surface area contributed by atoms with Crippen LogP contribution in [-0.2, 0) is 67.2 Å². The number of amides is 7. The average molecular weight is 1130 g/mol. The molecular formula is C54H72N10O15S. The van der Waals surface area contributed by atoms with Crippen LogP contribution in [0, 0.1) is 5.92 Å². The van der Waals surface area contributed by atoms with Gasteiger partial charge in [0.25, 0.3) is 0 Å². The SMILES string of the molecule is CC[C@H](C)[C@H](NC(=O)[C@H](Cc1ccc(O)cc1)NC(=O)[C@@H](N)CCC(=O)O)C(=O)N[C@@H](CCCCN)C(=O)N[C@@H](Cc1c[nH]c2ccccc12)C(=O)N[C@@H](CCC(=O)O)C(=O)N[C@@H](Cc1ccc(O)cc1)C(=O)N[C@@H](CS)C(=O)O. The van der Waals surface area contributed by atoms with Crippen LogP contribution in [0.2, 0.25) is 0 Å². The van der Waals surface area contributed by atoms with Crippen LogP contribution < -0.4 is 48.7 Å². The number of benzene rings is 3. The number of aromatic amines is 1. The fourth-order valence-electron chi connectivity index (χ4n) is 8.36. The van der Waals surface area contributed by atoms with Crippen LogP contribution in [-0.4, -0.2) is 150 Å². The summed E-state index contributed by atoms with van der Waals surface area (Å²) < 4.78 is 0. The van der Waals surface area contributed by atoms with Crippen molar-refractivity contribution in [1.82, 2.24) is 42.2 Å². The first kappa shape index (κ1) is 64.3. The number of aromatic nitrogens is 1. The Labute approximate surface area is 466 Å². The number of carbonyl (C=O) groups excluding carboxylic acids is 7. The highest BCUT2D eigenvalue weighted by Gasteiger charge is 2.36. The number of nitrogens with two attached hydrogens (primary N) is 2. The molecule has 25 nitrogen and oxygen atoms in total. The lowest BCUT2D eigenvalue weighted by molar-refractivity contribution is -0.141. The maximum absolute atomic E-state index is 14.7. The van der Waals surface area contributed by atoms with Gasteiger partial charge in [-0.3, -0.25) is 43.2 Å². The van der Waals surface area contributed by atoms with Crippen LogP contribution in [0.25, 0.3) is 10.9 Å². The minimum Gasteiger partial charge on any atom is -0.508 e. The monoisotopic (exact) mass is 1130 g/mol. The van der Waals surface area contributed by atoms with Crippen LogP contribution in [0.4, 0.5) is 0 Å². The molecule has 4 aromatic rings. The van der Waals surface area contributed by atoms with Crippen molar-refractivity contribution >= 4 is 82.8 Å². The molecule has 0 fully saturated rings. The van der Waals surface area contributed by atoms with Crippen LogP contribution in [0.5, 0.6) is 11.5 Å². The van der Waals surface area contributed by atoms with E-state index in [-0.39, 0.29) is 62.3 Å². The molecule has 0 aliphatic carbocycles. The Hall–Kier alpha value is -8.23. The molecular weight excluding hydrogens is 1060 g/mol. The maximum Gasteiger partial charge on any atom is 0.327 e. The number of unbranched alkanes of at least 4 members (excludes halogenated alkanes) is 1. The fourth-order valence-corrected chi connectivity index (χ4v) is 8.61. The van der Waals surface area contributed by atoms with Gasteiger partial charge in [-0.25, -0.2) is 4.79 Å². The molecule has 0 aliphatic heterocycles. The molecule has 0 unspecified atom stereocenters. The number of thiol groups is 1. The number of fused-ring (bicyclic) bond motifs is 1. The lowest BCUT2D eigenvalue weighted by Gasteiger charge is -2.29. The number of carboxylic acid groups (broad SMARTS) is 3. The summed E-state index contributed by atoms with van der Waals surface area (Å²) in [5, 5.41) is 66.9. The zero-order valence-electron chi connectivity index (χ0n) is 44.3. The minimum atomic E-state index is -1.68. The Morgan fingerprint density at radius 3 is 1.51 bits per heavy atom. The maximum atomic E-state index is 14.7. The van der Waals surface area contributed by atoms with Crippen LogP contribution in [0.15, 0.2) is 79.0 Å². The Morgan fingerprint density at radius 1 is 0.550 bits per heavy atom. The minimum absolute atomic E-state index is 0.0325. The third kappa shape index (κ3) is 20.5. The van der Waals surface area contributed by atoms with Crippen LogP contribution in [0.3, 0.4) is 0 Å². The number of carbonyl (C=O) groups is 10.